The van der Waals surface area contributed by atoms with E-state index in [-0.39, 0.29) is 0 Å². The van der Waals surface area contributed by atoms with Gasteiger partial charge in [0.25, 0.3) is 5.91 Å². The molecule has 1 aliphatic carbocycles. The van der Waals surface area contributed by atoms with Gasteiger partial charge in [0.05, 0.1) is 0 Å². The molecule has 0 aliphatic heterocycles. The largest absolute Gasteiger partial charge is 0.372 e. The molecule has 0 spiro atoms. The highest BCUT2D eigenvalue weighted by molar-refractivity contribution is 5.88. The van der Waals surface area contributed by atoms with E-state index in [1.54, 1.807) is 24.3 Å². The SMILES string of the molecule is NC(=O)C(O)(C1=CCCCC1)c1ccccc1. The van der Waals surface area contributed by atoms with E-state index in [4.69, 9.17) is 5.73 Å². The lowest BCUT2D eigenvalue weighted by Gasteiger charge is -2.30. The van der Waals surface area contributed by atoms with Crippen LogP contribution < -0.4 is 5.73 Å². The summed E-state index contributed by atoms with van der Waals surface area (Å²) in [5.74, 6) is -0.697. The first kappa shape index (κ1) is 11.9. The van der Waals surface area contributed by atoms with Gasteiger partial charge in [0.2, 0.25) is 0 Å². The minimum Gasteiger partial charge on any atom is -0.372 e. The van der Waals surface area contributed by atoms with Gasteiger partial charge in [-0.25, -0.2) is 0 Å². The van der Waals surface area contributed by atoms with Gasteiger partial charge in [-0.3, -0.25) is 4.79 Å². The van der Waals surface area contributed by atoms with Crippen molar-refractivity contribution in [3.63, 3.8) is 0 Å². The molecule has 1 aromatic carbocycles. The number of benzene rings is 1. The standard InChI is InChI=1S/C14H17NO2/c15-13(16)14(17,11-7-3-1-4-8-11)12-9-5-2-6-10-12/h1,3-4,7-9,17H,2,5-6,10H2,(H2,15,16). The molecular weight excluding hydrogens is 214 g/mol. The van der Waals surface area contributed by atoms with Crippen molar-refractivity contribution in [2.75, 3.05) is 0 Å². The number of aliphatic hydroxyl groups is 1. The second-order valence-corrected chi connectivity index (χ2v) is 4.42. The molecule has 1 aromatic rings. The maximum atomic E-state index is 11.7. The Bertz CT molecular complexity index is 439. The first-order valence-electron chi connectivity index (χ1n) is 5.93. The Kier molecular flexibility index (Phi) is 3.29. The quantitative estimate of drug-likeness (QED) is 0.780. The number of hydrogen-bond donors (Lipinski definition) is 2. The van der Waals surface area contributed by atoms with Crippen LogP contribution in [0.2, 0.25) is 0 Å². The second-order valence-electron chi connectivity index (χ2n) is 4.42. The molecule has 0 saturated heterocycles. The fraction of sp³-hybridized carbons (Fsp3) is 0.357. The number of primary amides is 1. The van der Waals surface area contributed by atoms with Crippen LogP contribution in [0.1, 0.15) is 31.2 Å². The van der Waals surface area contributed by atoms with E-state index in [2.05, 4.69) is 0 Å². The van der Waals surface area contributed by atoms with Crippen molar-refractivity contribution in [3.05, 3.63) is 47.5 Å². The molecule has 0 radical (unpaired) electrons. The van der Waals surface area contributed by atoms with Crippen LogP contribution >= 0.6 is 0 Å². The number of allylic oxidation sites excluding steroid dienone is 1. The van der Waals surface area contributed by atoms with Crippen molar-refractivity contribution < 1.29 is 9.90 Å². The zero-order valence-electron chi connectivity index (χ0n) is 9.73. The molecule has 17 heavy (non-hydrogen) atoms. The number of carbonyl (C=O) groups is 1. The average molecular weight is 231 g/mol. The predicted molar refractivity (Wildman–Crippen MR) is 66.1 cm³/mol. The maximum absolute atomic E-state index is 11.7. The van der Waals surface area contributed by atoms with Crippen molar-refractivity contribution in [1.29, 1.82) is 0 Å². The average Bonchev–Trinajstić information content (AvgIpc) is 2.39. The van der Waals surface area contributed by atoms with Gasteiger partial charge in [0.15, 0.2) is 5.60 Å². The molecular formula is C14H17NO2. The summed E-state index contributed by atoms with van der Waals surface area (Å²) in [6.07, 6.45) is 5.68. The highest BCUT2D eigenvalue weighted by atomic mass is 16.3. The van der Waals surface area contributed by atoms with Crippen molar-refractivity contribution in [3.8, 4) is 0 Å². The summed E-state index contributed by atoms with van der Waals surface area (Å²) in [6.45, 7) is 0. The van der Waals surface area contributed by atoms with Gasteiger partial charge < -0.3 is 10.8 Å². The van der Waals surface area contributed by atoms with E-state index in [1.807, 2.05) is 12.1 Å². The van der Waals surface area contributed by atoms with E-state index in [1.165, 1.54) is 0 Å². The van der Waals surface area contributed by atoms with E-state index >= 15 is 0 Å². The van der Waals surface area contributed by atoms with E-state index in [0.717, 1.165) is 31.3 Å². The van der Waals surface area contributed by atoms with Crippen molar-refractivity contribution >= 4 is 5.91 Å². The Balaban J connectivity index is 2.46. The lowest BCUT2D eigenvalue weighted by molar-refractivity contribution is -0.133. The smallest absolute Gasteiger partial charge is 0.258 e. The van der Waals surface area contributed by atoms with Crippen molar-refractivity contribution in [2.24, 2.45) is 5.73 Å². The lowest BCUT2D eigenvalue weighted by Crippen LogP contribution is -2.43. The molecule has 90 valence electrons. The monoisotopic (exact) mass is 231 g/mol. The number of carbonyl (C=O) groups excluding carboxylic acids is 1. The summed E-state index contributed by atoms with van der Waals surface area (Å²) in [5, 5.41) is 10.6. The normalized spacial score (nSPS) is 19.2. The summed E-state index contributed by atoms with van der Waals surface area (Å²) < 4.78 is 0. The topological polar surface area (TPSA) is 63.3 Å². The zero-order valence-corrected chi connectivity index (χ0v) is 9.73. The van der Waals surface area contributed by atoms with Crippen LogP contribution in [0.15, 0.2) is 42.0 Å². The summed E-state index contributed by atoms with van der Waals surface area (Å²) in [4.78, 5) is 11.7. The third kappa shape index (κ3) is 2.11. The molecule has 1 aliphatic rings. The highest BCUT2D eigenvalue weighted by Gasteiger charge is 2.39. The van der Waals surface area contributed by atoms with E-state index < -0.39 is 11.5 Å². The second kappa shape index (κ2) is 4.72. The van der Waals surface area contributed by atoms with Crippen LogP contribution in [0.25, 0.3) is 0 Å². The van der Waals surface area contributed by atoms with Gasteiger partial charge in [-0.2, -0.15) is 0 Å². The maximum Gasteiger partial charge on any atom is 0.258 e. The Hall–Kier alpha value is -1.61. The van der Waals surface area contributed by atoms with Crippen LogP contribution in [-0.2, 0) is 10.4 Å². The Morgan fingerprint density at radius 3 is 2.47 bits per heavy atom. The molecule has 0 fully saturated rings. The number of amides is 1. The van der Waals surface area contributed by atoms with Crippen molar-refractivity contribution in [2.45, 2.75) is 31.3 Å². The first-order chi connectivity index (χ1) is 8.15. The fourth-order valence-electron chi connectivity index (χ4n) is 2.33. The molecule has 2 rings (SSSR count). The van der Waals surface area contributed by atoms with Gasteiger partial charge in [-0.05, 0) is 36.8 Å². The third-order valence-electron chi connectivity index (χ3n) is 3.30. The van der Waals surface area contributed by atoms with Gasteiger partial charge in [0.1, 0.15) is 0 Å². The molecule has 0 saturated carbocycles. The summed E-state index contributed by atoms with van der Waals surface area (Å²) in [7, 11) is 0. The molecule has 1 unspecified atom stereocenters. The predicted octanol–water partition coefficient (Wildman–Crippen LogP) is 1.86. The van der Waals surface area contributed by atoms with Crippen LogP contribution in [-0.4, -0.2) is 11.0 Å². The highest BCUT2D eigenvalue weighted by Crippen LogP contribution is 2.35. The Labute approximate surface area is 101 Å². The minimum absolute atomic E-state index is 0.556. The Morgan fingerprint density at radius 1 is 1.24 bits per heavy atom. The molecule has 0 bridgehead atoms. The molecule has 3 N–H and O–H groups in total. The zero-order chi connectivity index (χ0) is 12.3. The van der Waals surface area contributed by atoms with Gasteiger partial charge in [-0.1, -0.05) is 36.4 Å². The molecule has 0 heterocycles. The van der Waals surface area contributed by atoms with Crippen LogP contribution in [0, 0.1) is 0 Å². The molecule has 3 heteroatoms. The first-order valence-corrected chi connectivity index (χ1v) is 5.93. The van der Waals surface area contributed by atoms with Gasteiger partial charge >= 0.3 is 0 Å². The molecule has 1 amide bonds. The van der Waals surface area contributed by atoms with Crippen LogP contribution in [0.3, 0.4) is 0 Å². The summed E-state index contributed by atoms with van der Waals surface area (Å²) in [5.41, 5.74) is 5.06. The molecule has 3 nitrogen and oxygen atoms in total. The van der Waals surface area contributed by atoms with Crippen molar-refractivity contribution in [1.82, 2.24) is 0 Å². The van der Waals surface area contributed by atoms with Crippen LogP contribution in [0.5, 0.6) is 0 Å². The molecule has 0 aromatic heterocycles. The van der Waals surface area contributed by atoms with Gasteiger partial charge in [-0.15, -0.1) is 0 Å². The number of hydrogen-bond acceptors (Lipinski definition) is 2. The molecule has 1 atom stereocenters. The van der Waals surface area contributed by atoms with E-state index in [9.17, 15) is 9.90 Å². The van der Waals surface area contributed by atoms with Crippen LogP contribution in [0.4, 0.5) is 0 Å². The lowest BCUT2D eigenvalue weighted by atomic mass is 9.80. The Morgan fingerprint density at radius 2 is 1.94 bits per heavy atom. The van der Waals surface area contributed by atoms with E-state index in [0.29, 0.717) is 5.56 Å². The minimum atomic E-state index is -1.64. The fourth-order valence-corrected chi connectivity index (χ4v) is 2.33. The number of rotatable bonds is 3. The van der Waals surface area contributed by atoms with Gasteiger partial charge in [0, 0.05) is 0 Å². The summed E-state index contributed by atoms with van der Waals surface area (Å²) in [6, 6.07) is 8.92. The number of nitrogens with two attached hydrogens (primary N) is 1. The summed E-state index contributed by atoms with van der Waals surface area (Å²) >= 11 is 0. The third-order valence-corrected chi connectivity index (χ3v) is 3.30.